The average molecular weight is 151 g/mol. The van der Waals surface area contributed by atoms with Crippen molar-refractivity contribution in [2.24, 2.45) is 0 Å². The van der Waals surface area contributed by atoms with Gasteiger partial charge in [-0.25, -0.2) is 4.68 Å². The zero-order chi connectivity index (χ0) is 8.10. The van der Waals surface area contributed by atoms with Crippen LogP contribution in [0.4, 0.5) is 0 Å². The third-order valence-corrected chi connectivity index (χ3v) is 1.55. The highest BCUT2D eigenvalue weighted by atomic mass is 15.3. The zero-order valence-corrected chi connectivity index (χ0v) is 6.75. The van der Waals surface area contributed by atoms with Crippen molar-refractivity contribution in [1.29, 1.82) is 5.41 Å². The normalized spacial score (nSPS) is 9.91. The molecule has 0 aliphatic carbocycles. The molecule has 0 aromatic carbocycles. The molecule has 0 saturated carbocycles. The van der Waals surface area contributed by atoms with Crippen LogP contribution in [0.3, 0.4) is 0 Å². The molecule has 60 valence electrons. The molecule has 3 heteroatoms. The third kappa shape index (κ3) is 2.18. The molecule has 0 aliphatic rings. The Labute approximate surface area is 66.5 Å². The Morgan fingerprint density at radius 3 is 3.00 bits per heavy atom. The van der Waals surface area contributed by atoms with Crippen molar-refractivity contribution in [2.75, 3.05) is 0 Å². The van der Waals surface area contributed by atoms with Crippen LogP contribution in [-0.4, -0.2) is 15.6 Å². The predicted octanol–water partition coefficient (Wildman–Crippen LogP) is 1.90. The maximum absolute atomic E-state index is 7.55. The smallest absolute Gasteiger partial charge is 0.121 e. The molecule has 0 fully saturated rings. The van der Waals surface area contributed by atoms with Crippen molar-refractivity contribution in [1.82, 2.24) is 9.78 Å². The fraction of sp³-hybridized carbons (Fsp3) is 0.500. The first kappa shape index (κ1) is 7.98. The van der Waals surface area contributed by atoms with Crippen LogP contribution in [0.15, 0.2) is 18.5 Å². The molecule has 0 aliphatic heterocycles. The van der Waals surface area contributed by atoms with Crippen molar-refractivity contribution in [3.05, 3.63) is 18.5 Å². The molecular weight excluding hydrogens is 138 g/mol. The Kier molecular flexibility index (Phi) is 2.83. The monoisotopic (exact) mass is 151 g/mol. The molecular formula is C8H13N3. The van der Waals surface area contributed by atoms with E-state index in [-0.39, 0.29) is 0 Å². The fourth-order valence-electron chi connectivity index (χ4n) is 0.887. The van der Waals surface area contributed by atoms with Crippen molar-refractivity contribution in [3.63, 3.8) is 0 Å². The van der Waals surface area contributed by atoms with Gasteiger partial charge in [-0.2, -0.15) is 5.10 Å². The van der Waals surface area contributed by atoms with E-state index in [1.54, 1.807) is 17.1 Å². The first-order valence-corrected chi connectivity index (χ1v) is 3.92. The third-order valence-electron chi connectivity index (χ3n) is 1.55. The van der Waals surface area contributed by atoms with Crippen LogP contribution in [0, 0.1) is 5.41 Å². The highest BCUT2D eigenvalue weighted by molar-refractivity contribution is 5.80. The SMILES string of the molecule is CCCCC(=N)n1cccn1. The second-order valence-electron chi connectivity index (χ2n) is 2.50. The average Bonchev–Trinajstić information content (AvgIpc) is 2.52. The molecule has 1 aromatic heterocycles. The Bertz CT molecular complexity index is 213. The van der Waals surface area contributed by atoms with E-state index in [0.717, 1.165) is 19.3 Å². The van der Waals surface area contributed by atoms with Gasteiger partial charge < -0.3 is 0 Å². The lowest BCUT2D eigenvalue weighted by atomic mass is 10.2. The second kappa shape index (κ2) is 3.91. The Hall–Kier alpha value is -1.12. The number of nitrogens with zero attached hydrogens (tertiary/aromatic N) is 2. The fourth-order valence-corrected chi connectivity index (χ4v) is 0.887. The standard InChI is InChI=1S/C8H13N3/c1-2-3-5-8(9)11-7-4-6-10-11/h4,6-7,9H,2-3,5H2,1H3. The molecule has 0 bridgehead atoms. The molecule has 0 unspecified atom stereocenters. The minimum atomic E-state index is 0.580. The van der Waals surface area contributed by atoms with Crippen molar-refractivity contribution in [2.45, 2.75) is 26.2 Å². The number of hydrogen-bond donors (Lipinski definition) is 1. The van der Waals surface area contributed by atoms with E-state index in [1.807, 2.05) is 6.07 Å². The highest BCUT2D eigenvalue weighted by Gasteiger charge is 1.97. The number of aromatic nitrogens is 2. The molecule has 1 rings (SSSR count). The minimum absolute atomic E-state index is 0.580. The molecule has 0 radical (unpaired) electrons. The van der Waals surface area contributed by atoms with Crippen molar-refractivity contribution < 1.29 is 0 Å². The van der Waals surface area contributed by atoms with Crippen molar-refractivity contribution in [3.8, 4) is 0 Å². The van der Waals surface area contributed by atoms with E-state index in [1.165, 1.54) is 0 Å². The van der Waals surface area contributed by atoms with Gasteiger partial charge in [-0.3, -0.25) is 5.41 Å². The van der Waals surface area contributed by atoms with Gasteiger partial charge in [0.1, 0.15) is 5.84 Å². The van der Waals surface area contributed by atoms with E-state index in [4.69, 9.17) is 5.41 Å². The molecule has 0 spiro atoms. The quantitative estimate of drug-likeness (QED) is 0.520. The van der Waals surface area contributed by atoms with Crippen LogP contribution in [0.25, 0.3) is 0 Å². The summed E-state index contributed by atoms with van der Waals surface area (Å²) in [7, 11) is 0. The molecule has 1 N–H and O–H groups in total. The number of rotatable bonds is 3. The van der Waals surface area contributed by atoms with Gasteiger partial charge in [0.2, 0.25) is 0 Å². The Balaban J connectivity index is 2.43. The summed E-state index contributed by atoms with van der Waals surface area (Å²) < 4.78 is 1.61. The van der Waals surface area contributed by atoms with E-state index in [9.17, 15) is 0 Å². The van der Waals surface area contributed by atoms with Gasteiger partial charge in [0.05, 0.1) is 0 Å². The first-order chi connectivity index (χ1) is 5.34. The molecule has 1 heterocycles. The lowest BCUT2D eigenvalue weighted by Gasteiger charge is -2.00. The van der Waals surface area contributed by atoms with Gasteiger partial charge in [-0.15, -0.1) is 0 Å². The summed E-state index contributed by atoms with van der Waals surface area (Å²) in [5.41, 5.74) is 0. The van der Waals surface area contributed by atoms with Crippen LogP contribution in [-0.2, 0) is 0 Å². The van der Waals surface area contributed by atoms with Crippen LogP contribution in [0.5, 0.6) is 0 Å². The van der Waals surface area contributed by atoms with Gasteiger partial charge in [0, 0.05) is 18.8 Å². The Morgan fingerprint density at radius 1 is 1.64 bits per heavy atom. The summed E-state index contributed by atoms with van der Waals surface area (Å²) in [5.74, 6) is 0.580. The molecule has 0 amide bonds. The van der Waals surface area contributed by atoms with E-state index < -0.39 is 0 Å². The largest absolute Gasteiger partial charge is 0.287 e. The summed E-state index contributed by atoms with van der Waals surface area (Å²) in [4.78, 5) is 0. The number of unbranched alkanes of at least 4 members (excludes halogenated alkanes) is 1. The van der Waals surface area contributed by atoms with Gasteiger partial charge in [0.25, 0.3) is 0 Å². The summed E-state index contributed by atoms with van der Waals surface area (Å²) in [6.45, 7) is 2.12. The van der Waals surface area contributed by atoms with Crippen LogP contribution in [0.2, 0.25) is 0 Å². The highest BCUT2D eigenvalue weighted by Crippen LogP contribution is 1.97. The summed E-state index contributed by atoms with van der Waals surface area (Å²) in [6.07, 6.45) is 6.51. The summed E-state index contributed by atoms with van der Waals surface area (Å²) >= 11 is 0. The van der Waals surface area contributed by atoms with Crippen molar-refractivity contribution >= 4 is 5.84 Å². The van der Waals surface area contributed by atoms with Crippen LogP contribution >= 0.6 is 0 Å². The molecule has 3 nitrogen and oxygen atoms in total. The van der Waals surface area contributed by atoms with E-state index >= 15 is 0 Å². The maximum atomic E-state index is 7.55. The molecule has 1 aromatic rings. The van der Waals surface area contributed by atoms with Crippen LogP contribution in [0.1, 0.15) is 26.2 Å². The lowest BCUT2D eigenvalue weighted by molar-refractivity contribution is 0.789. The van der Waals surface area contributed by atoms with E-state index in [0.29, 0.717) is 5.84 Å². The zero-order valence-electron chi connectivity index (χ0n) is 6.75. The van der Waals surface area contributed by atoms with Gasteiger partial charge in [0.15, 0.2) is 0 Å². The number of nitrogens with one attached hydrogen (secondary N) is 1. The lowest BCUT2D eigenvalue weighted by Crippen LogP contribution is -2.10. The topological polar surface area (TPSA) is 41.7 Å². The van der Waals surface area contributed by atoms with E-state index in [2.05, 4.69) is 12.0 Å². The summed E-state index contributed by atoms with van der Waals surface area (Å²) in [5, 5.41) is 11.5. The maximum Gasteiger partial charge on any atom is 0.121 e. The van der Waals surface area contributed by atoms with Gasteiger partial charge in [-0.05, 0) is 12.5 Å². The van der Waals surface area contributed by atoms with Gasteiger partial charge >= 0.3 is 0 Å². The molecule has 0 saturated heterocycles. The predicted molar refractivity (Wildman–Crippen MR) is 44.9 cm³/mol. The van der Waals surface area contributed by atoms with Gasteiger partial charge in [-0.1, -0.05) is 13.3 Å². The Morgan fingerprint density at radius 2 is 2.45 bits per heavy atom. The molecule has 0 atom stereocenters. The molecule has 11 heavy (non-hydrogen) atoms. The second-order valence-corrected chi connectivity index (χ2v) is 2.50. The first-order valence-electron chi connectivity index (χ1n) is 3.92. The number of hydrogen-bond acceptors (Lipinski definition) is 2. The van der Waals surface area contributed by atoms with Crippen LogP contribution < -0.4 is 0 Å². The summed E-state index contributed by atoms with van der Waals surface area (Å²) in [6, 6.07) is 1.83. The minimum Gasteiger partial charge on any atom is -0.287 e.